The maximum absolute atomic E-state index is 13.7. The fourth-order valence-electron chi connectivity index (χ4n) is 6.43. The Hall–Kier alpha value is -4.14. The van der Waals surface area contributed by atoms with Gasteiger partial charge in [0.05, 0.1) is 16.8 Å². The molecular weight excluding hydrogens is 474 g/mol. The van der Waals surface area contributed by atoms with Crippen molar-refractivity contribution in [3.63, 3.8) is 0 Å². The molecule has 4 aliphatic carbocycles. The van der Waals surface area contributed by atoms with Crippen molar-refractivity contribution in [2.24, 2.45) is 35.5 Å². The van der Waals surface area contributed by atoms with Crippen LogP contribution < -0.4 is 0 Å². The fraction of sp³-hybridized carbons (Fsp3) is 0.357. The van der Waals surface area contributed by atoms with Gasteiger partial charge in [0.2, 0.25) is 0 Å². The highest BCUT2D eigenvalue weighted by Gasteiger charge is 2.68. The number of imide groups is 1. The lowest BCUT2D eigenvalue weighted by Gasteiger charge is -2.37. The predicted molar refractivity (Wildman–Crippen MR) is 131 cm³/mol. The number of allylic oxidation sites excluding steroid dienone is 2. The van der Waals surface area contributed by atoms with Crippen LogP contribution in [0.3, 0.4) is 0 Å². The molecule has 1 aliphatic heterocycles. The maximum Gasteiger partial charge on any atom is 0.273 e. The SMILES string of the molecule is Cc1ccc(C(=O)CN(C(=O)c2ccc([N+](=O)[O-])cc2)N2C(=O)[C@@H]3[C@H]4C=C[C@@H]([C@@H]5C[C@@H]45)[C@H]3C2=O)cc1C. The summed E-state index contributed by atoms with van der Waals surface area (Å²) in [7, 11) is 0. The van der Waals surface area contributed by atoms with Crippen LogP contribution in [0.2, 0.25) is 0 Å². The van der Waals surface area contributed by atoms with Crippen LogP contribution in [0.5, 0.6) is 0 Å². The molecule has 9 nitrogen and oxygen atoms in total. The van der Waals surface area contributed by atoms with Gasteiger partial charge in [-0.15, -0.1) is 0 Å². The molecule has 2 bridgehead atoms. The molecule has 1 heterocycles. The molecule has 9 heteroatoms. The summed E-state index contributed by atoms with van der Waals surface area (Å²) < 4.78 is 0. The quantitative estimate of drug-likeness (QED) is 0.197. The zero-order chi connectivity index (χ0) is 26.2. The van der Waals surface area contributed by atoms with Crippen molar-refractivity contribution in [3.8, 4) is 0 Å². The molecule has 37 heavy (non-hydrogen) atoms. The molecule has 0 N–H and O–H groups in total. The highest BCUT2D eigenvalue weighted by molar-refractivity contribution is 6.10. The third-order valence-corrected chi connectivity index (χ3v) is 8.56. The first-order chi connectivity index (χ1) is 17.7. The highest BCUT2D eigenvalue weighted by Crippen LogP contribution is 2.65. The van der Waals surface area contributed by atoms with Crippen LogP contribution in [0.1, 0.15) is 38.3 Å². The second-order valence-corrected chi connectivity index (χ2v) is 10.5. The van der Waals surface area contributed by atoms with Gasteiger partial charge in [0, 0.05) is 23.3 Å². The van der Waals surface area contributed by atoms with Crippen molar-refractivity contribution in [2.45, 2.75) is 20.3 Å². The topological polar surface area (TPSA) is 118 Å². The second kappa shape index (κ2) is 8.19. The number of non-ortho nitro benzene ring substituents is 1. The Morgan fingerprint density at radius 2 is 1.49 bits per heavy atom. The lowest BCUT2D eigenvalue weighted by molar-refractivity contribution is -0.384. The number of hydrogen-bond donors (Lipinski definition) is 0. The molecular formula is C28H25N3O6. The molecule has 2 aromatic rings. The van der Waals surface area contributed by atoms with Gasteiger partial charge in [-0.25, -0.2) is 5.01 Å². The lowest BCUT2D eigenvalue weighted by Crippen LogP contribution is -2.52. The van der Waals surface area contributed by atoms with E-state index >= 15 is 0 Å². The molecule has 0 aromatic heterocycles. The van der Waals surface area contributed by atoms with E-state index in [-0.39, 0.29) is 23.1 Å². The Balaban J connectivity index is 1.36. The summed E-state index contributed by atoms with van der Waals surface area (Å²) in [6, 6.07) is 10.1. The van der Waals surface area contributed by atoms with Gasteiger partial charge in [-0.05, 0) is 73.3 Å². The molecule has 1 saturated heterocycles. The number of amides is 3. The van der Waals surface area contributed by atoms with Crippen molar-refractivity contribution >= 4 is 29.2 Å². The lowest BCUT2D eigenvalue weighted by atomic mass is 9.63. The summed E-state index contributed by atoms with van der Waals surface area (Å²) in [6.07, 6.45) is 5.08. The van der Waals surface area contributed by atoms with E-state index in [1.165, 1.54) is 24.3 Å². The number of nitrogens with zero attached hydrogens (tertiary/aromatic N) is 3. The number of aryl methyl sites for hydroxylation is 2. The van der Waals surface area contributed by atoms with Gasteiger partial charge in [0.15, 0.2) is 5.78 Å². The smallest absolute Gasteiger partial charge is 0.273 e. The molecule has 6 atom stereocenters. The number of nitro benzene ring substituents is 1. The van der Waals surface area contributed by atoms with Crippen LogP contribution in [-0.2, 0) is 9.59 Å². The van der Waals surface area contributed by atoms with E-state index in [0.717, 1.165) is 27.6 Å². The fourth-order valence-corrected chi connectivity index (χ4v) is 6.43. The van der Waals surface area contributed by atoms with Crippen molar-refractivity contribution in [1.82, 2.24) is 10.0 Å². The number of carbonyl (C=O) groups excluding carboxylic acids is 4. The number of carbonyl (C=O) groups is 4. The molecule has 0 unspecified atom stereocenters. The van der Waals surface area contributed by atoms with E-state index in [0.29, 0.717) is 17.4 Å². The van der Waals surface area contributed by atoms with E-state index in [2.05, 4.69) is 0 Å². The molecule has 3 amide bonds. The van der Waals surface area contributed by atoms with Crippen molar-refractivity contribution in [2.75, 3.05) is 6.54 Å². The molecule has 0 spiro atoms. The van der Waals surface area contributed by atoms with E-state index in [1.807, 2.05) is 26.0 Å². The summed E-state index contributed by atoms with van der Waals surface area (Å²) in [5.41, 5.74) is 2.11. The van der Waals surface area contributed by atoms with Gasteiger partial charge in [-0.2, -0.15) is 5.01 Å². The Bertz CT molecular complexity index is 1380. The molecule has 7 rings (SSSR count). The number of Topliss-reactive ketones (excluding diaryl/α,β-unsaturated/α-hetero) is 1. The van der Waals surface area contributed by atoms with Gasteiger partial charge in [-0.3, -0.25) is 29.3 Å². The zero-order valence-corrected chi connectivity index (χ0v) is 20.4. The van der Waals surface area contributed by atoms with Crippen LogP contribution in [0.15, 0.2) is 54.6 Å². The minimum absolute atomic E-state index is 0.0340. The monoisotopic (exact) mass is 499 g/mol. The van der Waals surface area contributed by atoms with Gasteiger partial charge < -0.3 is 0 Å². The Morgan fingerprint density at radius 1 is 0.919 bits per heavy atom. The number of hydrogen-bond acceptors (Lipinski definition) is 6. The summed E-state index contributed by atoms with van der Waals surface area (Å²) >= 11 is 0. The van der Waals surface area contributed by atoms with Crippen LogP contribution >= 0.6 is 0 Å². The molecule has 2 aromatic carbocycles. The molecule has 188 valence electrons. The summed E-state index contributed by atoms with van der Waals surface area (Å²) in [4.78, 5) is 65.0. The second-order valence-electron chi connectivity index (χ2n) is 10.5. The van der Waals surface area contributed by atoms with Crippen LogP contribution in [0, 0.1) is 59.5 Å². The van der Waals surface area contributed by atoms with Crippen molar-refractivity contribution < 1.29 is 24.1 Å². The van der Waals surface area contributed by atoms with Gasteiger partial charge in [0.25, 0.3) is 23.4 Å². The third-order valence-electron chi connectivity index (χ3n) is 8.56. The zero-order valence-electron chi connectivity index (χ0n) is 20.4. The standard InChI is InChI=1S/C28H25N3O6/c1-14-3-4-17(11-15(14)2)23(32)13-29(26(33)16-5-7-18(8-6-16)31(36)37)30-27(34)24-19-9-10-20(22-12-21(19)22)25(24)28(30)35/h3-11,19-22,24-25H,12-13H2,1-2H3/t19-,20-,21-,22-,24+,25+/m0/s1. The minimum atomic E-state index is -0.738. The van der Waals surface area contributed by atoms with Crippen molar-refractivity contribution in [1.29, 1.82) is 0 Å². The van der Waals surface area contributed by atoms with Gasteiger partial charge >= 0.3 is 0 Å². The summed E-state index contributed by atoms with van der Waals surface area (Å²) in [5.74, 6) is -2.42. The van der Waals surface area contributed by atoms with Gasteiger partial charge in [0.1, 0.15) is 6.54 Å². The van der Waals surface area contributed by atoms with E-state index in [9.17, 15) is 29.3 Å². The molecule has 2 saturated carbocycles. The number of nitro groups is 1. The average Bonchev–Trinajstić information content (AvgIpc) is 3.67. The maximum atomic E-state index is 13.7. The summed E-state index contributed by atoms with van der Waals surface area (Å²) in [5, 5.41) is 12.9. The first kappa shape index (κ1) is 23.3. The van der Waals surface area contributed by atoms with E-state index in [1.54, 1.807) is 18.2 Å². The normalized spacial score (nSPS) is 28.6. The number of benzene rings is 2. The third kappa shape index (κ3) is 3.52. The van der Waals surface area contributed by atoms with Crippen LogP contribution in [0.4, 0.5) is 5.69 Å². The predicted octanol–water partition coefficient (Wildman–Crippen LogP) is 3.50. The number of rotatable bonds is 6. The van der Waals surface area contributed by atoms with E-state index in [4.69, 9.17) is 0 Å². The first-order valence-electron chi connectivity index (χ1n) is 12.4. The minimum Gasteiger partial charge on any atom is -0.292 e. The van der Waals surface area contributed by atoms with E-state index < -0.39 is 46.8 Å². The largest absolute Gasteiger partial charge is 0.292 e. The van der Waals surface area contributed by atoms with Gasteiger partial charge in [-0.1, -0.05) is 24.3 Å². The first-order valence-corrected chi connectivity index (χ1v) is 12.4. The Kier molecular flexibility index (Phi) is 5.15. The van der Waals surface area contributed by atoms with Crippen LogP contribution in [-0.4, -0.2) is 45.0 Å². The number of hydrazine groups is 1. The molecule has 5 aliphatic rings. The van der Waals surface area contributed by atoms with Crippen molar-refractivity contribution in [3.05, 3.63) is 87.0 Å². The Labute approximate surface area is 212 Å². The average molecular weight is 500 g/mol. The molecule has 3 fully saturated rings. The molecule has 0 radical (unpaired) electrons. The Morgan fingerprint density at radius 3 is 2.03 bits per heavy atom. The summed E-state index contributed by atoms with van der Waals surface area (Å²) in [6.45, 7) is 3.29. The number of ketones is 1. The van der Waals surface area contributed by atoms with Crippen LogP contribution in [0.25, 0.3) is 0 Å². The highest BCUT2D eigenvalue weighted by atomic mass is 16.6.